The molecule has 0 saturated carbocycles. The lowest BCUT2D eigenvalue weighted by Crippen LogP contribution is -2.34. The van der Waals surface area contributed by atoms with Crippen LogP contribution in [0.1, 0.15) is 36.9 Å². The molecule has 4 nitrogen and oxygen atoms in total. The summed E-state index contributed by atoms with van der Waals surface area (Å²) in [6.07, 6.45) is 2.22. The van der Waals surface area contributed by atoms with Gasteiger partial charge in [-0.3, -0.25) is 4.79 Å². The Bertz CT molecular complexity index is 823. The molecule has 0 radical (unpaired) electrons. The van der Waals surface area contributed by atoms with Gasteiger partial charge in [0.15, 0.2) is 0 Å². The van der Waals surface area contributed by atoms with Crippen molar-refractivity contribution >= 4 is 5.91 Å². The number of ether oxygens (including phenoxy) is 1. The third-order valence-corrected chi connectivity index (χ3v) is 6.53. The normalized spacial score (nSPS) is 23.9. The molecule has 0 aliphatic carbocycles. The van der Waals surface area contributed by atoms with E-state index in [9.17, 15) is 4.79 Å². The number of likely N-dealkylation sites (tertiary alicyclic amines) is 2. The van der Waals surface area contributed by atoms with Crippen LogP contribution >= 0.6 is 0 Å². The van der Waals surface area contributed by atoms with Crippen LogP contribution in [0, 0.1) is 18.8 Å². The Kier molecular flexibility index (Phi) is 6.19. The molecular weight excluding hydrogens is 360 g/mol. The van der Waals surface area contributed by atoms with Gasteiger partial charge in [-0.2, -0.15) is 0 Å². The molecular formula is C25H32N2O2. The molecule has 0 spiro atoms. The quantitative estimate of drug-likeness (QED) is 0.659. The fourth-order valence-corrected chi connectivity index (χ4v) is 5.11. The molecule has 0 aromatic heterocycles. The van der Waals surface area contributed by atoms with Gasteiger partial charge in [0.2, 0.25) is 5.91 Å². The van der Waals surface area contributed by atoms with Crippen molar-refractivity contribution in [3.63, 3.8) is 0 Å². The summed E-state index contributed by atoms with van der Waals surface area (Å²) in [5.41, 5.74) is 2.62. The molecule has 4 heteroatoms. The van der Waals surface area contributed by atoms with Crippen LogP contribution in [0.15, 0.2) is 54.6 Å². The van der Waals surface area contributed by atoms with E-state index >= 15 is 0 Å². The minimum absolute atomic E-state index is 0.206. The number of nitrogens with zero attached hydrogens (tertiary/aromatic N) is 2. The van der Waals surface area contributed by atoms with Gasteiger partial charge in [0.05, 0.1) is 12.6 Å². The van der Waals surface area contributed by atoms with Crippen molar-refractivity contribution in [1.82, 2.24) is 9.80 Å². The number of fused-ring (bicyclic) bond motifs is 1. The number of hydrogen-bond acceptors (Lipinski definition) is 3. The zero-order valence-electron chi connectivity index (χ0n) is 17.6. The Morgan fingerprint density at radius 1 is 1.00 bits per heavy atom. The fourth-order valence-electron chi connectivity index (χ4n) is 5.11. The van der Waals surface area contributed by atoms with Gasteiger partial charge in [0, 0.05) is 32.5 Å². The molecule has 3 atom stereocenters. The fraction of sp³-hybridized carbons (Fsp3) is 0.480. The summed E-state index contributed by atoms with van der Waals surface area (Å²) in [6, 6.07) is 18.8. The Hall–Kier alpha value is -2.33. The second-order valence-electron chi connectivity index (χ2n) is 8.52. The SMILES string of the molecule is CC(=O)N1C[C@H]2CN(CCCCOc3ccccc3)C[C@H]2[C@H]1c1ccccc1C. The Labute approximate surface area is 174 Å². The highest BCUT2D eigenvalue weighted by molar-refractivity contribution is 5.74. The van der Waals surface area contributed by atoms with Gasteiger partial charge in [-0.15, -0.1) is 0 Å². The van der Waals surface area contributed by atoms with E-state index in [0.717, 1.165) is 51.4 Å². The van der Waals surface area contributed by atoms with E-state index < -0.39 is 0 Å². The molecule has 2 aromatic carbocycles. The van der Waals surface area contributed by atoms with Gasteiger partial charge in [0.1, 0.15) is 5.75 Å². The van der Waals surface area contributed by atoms with E-state index in [1.54, 1.807) is 6.92 Å². The average Bonchev–Trinajstić information content (AvgIpc) is 3.27. The van der Waals surface area contributed by atoms with Crippen LogP contribution in [0.2, 0.25) is 0 Å². The zero-order chi connectivity index (χ0) is 20.2. The van der Waals surface area contributed by atoms with Crippen LogP contribution in [0.5, 0.6) is 5.75 Å². The highest BCUT2D eigenvalue weighted by atomic mass is 16.5. The lowest BCUT2D eigenvalue weighted by molar-refractivity contribution is -0.130. The third kappa shape index (κ3) is 4.48. The molecule has 2 fully saturated rings. The van der Waals surface area contributed by atoms with Crippen molar-refractivity contribution in [1.29, 1.82) is 0 Å². The van der Waals surface area contributed by atoms with E-state index in [0.29, 0.717) is 11.8 Å². The van der Waals surface area contributed by atoms with Crippen molar-refractivity contribution in [2.75, 3.05) is 32.8 Å². The lowest BCUT2D eigenvalue weighted by atomic mass is 9.87. The molecule has 0 N–H and O–H groups in total. The average molecular weight is 393 g/mol. The predicted molar refractivity (Wildman–Crippen MR) is 116 cm³/mol. The molecule has 0 unspecified atom stereocenters. The summed E-state index contributed by atoms with van der Waals surface area (Å²) in [6.45, 7) is 8.87. The first-order valence-corrected chi connectivity index (χ1v) is 10.9. The van der Waals surface area contributed by atoms with Crippen molar-refractivity contribution in [2.45, 2.75) is 32.7 Å². The number of carbonyl (C=O) groups is 1. The lowest BCUT2D eigenvalue weighted by Gasteiger charge is -2.30. The topological polar surface area (TPSA) is 32.8 Å². The Morgan fingerprint density at radius 3 is 2.52 bits per heavy atom. The van der Waals surface area contributed by atoms with Crippen molar-refractivity contribution in [3.05, 3.63) is 65.7 Å². The number of benzene rings is 2. The standard InChI is InChI=1S/C25H32N2O2/c1-19-10-6-7-13-23(19)25-24-18-26(16-21(24)17-27(25)20(2)28)14-8-9-15-29-22-11-4-3-5-12-22/h3-7,10-13,21,24-25H,8-9,14-18H2,1-2H3/t21-,24-,25-/m1/s1. The summed E-state index contributed by atoms with van der Waals surface area (Å²) in [5.74, 6) is 2.29. The van der Waals surface area contributed by atoms with E-state index in [4.69, 9.17) is 4.74 Å². The van der Waals surface area contributed by atoms with E-state index in [1.807, 2.05) is 30.3 Å². The molecule has 2 aliphatic rings. The number of carbonyl (C=O) groups excluding carboxylic acids is 1. The van der Waals surface area contributed by atoms with Gasteiger partial charge < -0.3 is 14.5 Å². The number of hydrogen-bond donors (Lipinski definition) is 0. The highest BCUT2D eigenvalue weighted by Crippen LogP contribution is 2.45. The second-order valence-corrected chi connectivity index (χ2v) is 8.52. The maximum absolute atomic E-state index is 12.3. The minimum Gasteiger partial charge on any atom is -0.494 e. The molecule has 4 rings (SSSR count). The van der Waals surface area contributed by atoms with Gasteiger partial charge in [-0.1, -0.05) is 42.5 Å². The first-order valence-electron chi connectivity index (χ1n) is 10.9. The highest BCUT2D eigenvalue weighted by Gasteiger charge is 2.48. The molecule has 154 valence electrons. The monoisotopic (exact) mass is 392 g/mol. The van der Waals surface area contributed by atoms with Crippen LogP contribution in [-0.4, -0.2) is 48.5 Å². The van der Waals surface area contributed by atoms with Crippen LogP contribution in [-0.2, 0) is 4.79 Å². The number of amides is 1. The number of unbranched alkanes of at least 4 members (excludes halogenated alkanes) is 1. The van der Waals surface area contributed by atoms with E-state index in [-0.39, 0.29) is 11.9 Å². The summed E-state index contributed by atoms with van der Waals surface area (Å²) >= 11 is 0. The van der Waals surface area contributed by atoms with Crippen molar-refractivity contribution < 1.29 is 9.53 Å². The van der Waals surface area contributed by atoms with Gasteiger partial charge >= 0.3 is 0 Å². The van der Waals surface area contributed by atoms with E-state index in [2.05, 4.69) is 41.0 Å². The Morgan fingerprint density at radius 2 is 1.76 bits per heavy atom. The molecule has 0 bridgehead atoms. The zero-order valence-corrected chi connectivity index (χ0v) is 17.6. The van der Waals surface area contributed by atoms with Crippen molar-refractivity contribution in [3.8, 4) is 5.75 Å². The summed E-state index contributed by atoms with van der Waals surface area (Å²) in [7, 11) is 0. The maximum atomic E-state index is 12.3. The van der Waals surface area contributed by atoms with E-state index in [1.165, 1.54) is 11.1 Å². The number of aryl methyl sites for hydroxylation is 1. The summed E-state index contributed by atoms with van der Waals surface area (Å²) in [4.78, 5) is 17.0. The van der Waals surface area contributed by atoms with Gasteiger partial charge in [-0.05, 0) is 55.5 Å². The van der Waals surface area contributed by atoms with Crippen LogP contribution < -0.4 is 4.74 Å². The summed E-state index contributed by atoms with van der Waals surface area (Å²) in [5, 5.41) is 0. The largest absolute Gasteiger partial charge is 0.494 e. The molecule has 2 saturated heterocycles. The molecule has 2 aromatic rings. The molecule has 1 amide bonds. The predicted octanol–water partition coefficient (Wildman–Crippen LogP) is 4.31. The molecule has 2 aliphatic heterocycles. The third-order valence-electron chi connectivity index (χ3n) is 6.53. The number of rotatable bonds is 7. The van der Waals surface area contributed by atoms with Crippen molar-refractivity contribution in [2.24, 2.45) is 11.8 Å². The first-order chi connectivity index (χ1) is 14.1. The summed E-state index contributed by atoms with van der Waals surface area (Å²) < 4.78 is 5.81. The van der Waals surface area contributed by atoms with Crippen LogP contribution in [0.25, 0.3) is 0 Å². The minimum atomic E-state index is 0.206. The maximum Gasteiger partial charge on any atom is 0.219 e. The Balaban J connectivity index is 1.31. The second kappa shape index (κ2) is 9.00. The van der Waals surface area contributed by atoms with Gasteiger partial charge in [-0.25, -0.2) is 0 Å². The van der Waals surface area contributed by atoms with Crippen LogP contribution in [0.4, 0.5) is 0 Å². The first kappa shape index (κ1) is 20.0. The molecule has 29 heavy (non-hydrogen) atoms. The number of para-hydroxylation sites is 1. The molecule has 2 heterocycles. The smallest absolute Gasteiger partial charge is 0.219 e. The van der Waals surface area contributed by atoms with Crippen LogP contribution in [0.3, 0.4) is 0 Å². The van der Waals surface area contributed by atoms with Gasteiger partial charge in [0.25, 0.3) is 0 Å².